The van der Waals surface area contributed by atoms with Crippen molar-refractivity contribution in [2.24, 2.45) is 0 Å². The molecule has 1 spiro atoms. The van der Waals surface area contributed by atoms with Crippen molar-refractivity contribution in [1.29, 1.82) is 0 Å². The van der Waals surface area contributed by atoms with Crippen molar-refractivity contribution in [3.63, 3.8) is 0 Å². The molecule has 3 aromatic carbocycles. The number of benzene rings is 3. The second-order valence-electron chi connectivity index (χ2n) is 9.53. The Labute approximate surface area is 231 Å². The van der Waals surface area contributed by atoms with Crippen LogP contribution >= 0.6 is 0 Å². The first-order valence-electron chi connectivity index (χ1n) is 13.0. The molecule has 206 valence electrons. The lowest BCUT2D eigenvalue weighted by atomic mass is 9.77. The summed E-state index contributed by atoms with van der Waals surface area (Å²) in [5.74, 6) is 0.588. The largest absolute Gasteiger partial charge is 0.456 e. The number of nitrogens with zero attached hydrogens (tertiary/aromatic N) is 1. The van der Waals surface area contributed by atoms with Crippen LogP contribution in [0, 0.1) is 0 Å². The fourth-order valence-corrected chi connectivity index (χ4v) is 5.27. The predicted octanol–water partition coefficient (Wildman–Crippen LogP) is 8.09. The lowest BCUT2D eigenvalue weighted by Crippen LogP contribution is -2.33. The average Bonchev–Trinajstić information content (AvgIpc) is 3.22. The monoisotopic (exact) mass is 546 g/mol. The van der Waals surface area contributed by atoms with Gasteiger partial charge in [-0.2, -0.15) is 13.2 Å². The van der Waals surface area contributed by atoms with Crippen LogP contribution in [0.25, 0.3) is 0 Å². The minimum atomic E-state index is -4.56. The Morgan fingerprint density at radius 3 is 2.45 bits per heavy atom. The summed E-state index contributed by atoms with van der Waals surface area (Å²) in [4.78, 5) is 15.4. The van der Waals surface area contributed by atoms with Crippen LogP contribution < -0.4 is 15.0 Å². The number of carbonyl (C=O) groups excluding carboxylic acids is 1. The first-order valence-corrected chi connectivity index (χ1v) is 13.0. The molecule has 1 unspecified atom stereocenters. The minimum Gasteiger partial charge on any atom is -0.456 e. The van der Waals surface area contributed by atoms with Gasteiger partial charge in [-0.25, -0.2) is 4.79 Å². The molecule has 0 amide bonds. The Bertz CT molecular complexity index is 1550. The standard InChI is InChI=1S/C32H29F3N2O3/c1-5-10-21(17-20(4)32(33,34)35)36-22-13-16-28-27(18-22)31(25-12-9-8-11-24(25)30(38)40-31)26-15-14-23(19-29(26)39-28)37(6-2)7-3/h5,8-19,36H,4,6-7H2,1-3H3/b10-5-,21-17+. The van der Waals surface area contributed by atoms with Crippen molar-refractivity contribution in [1.82, 2.24) is 0 Å². The van der Waals surface area contributed by atoms with Crippen LogP contribution in [-0.4, -0.2) is 25.2 Å². The van der Waals surface area contributed by atoms with Gasteiger partial charge < -0.3 is 19.7 Å². The first-order chi connectivity index (χ1) is 19.1. The summed E-state index contributed by atoms with van der Waals surface area (Å²) in [6, 6.07) is 18.2. The van der Waals surface area contributed by atoms with E-state index in [1.54, 1.807) is 43.3 Å². The van der Waals surface area contributed by atoms with E-state index >= 15 is 0 Å². The Balaban J connectivity index is 1.67. The number of fused-ring (bicyclic) bond motifs is 6. The Morgan fingerprint density at radius 1 is 1.00 bits per heavy atom. The fraction of sp³-hybridized carbons (Fsp3) is 0.219. The van der Waals surface area contributed by atoms with E-state index in [-0.39, 0.29) is 5.70 Å². The molecule has 5 nitrogen and oxygen atoms in total. The molecule has 0 bridgehead atoms. The minimum absolute atomic E-state index is 0.198. The number of carbonyl (C=O) groups is 1. The molecule has 5 rings (SSSR count). The van der Waals surface area contributed by atoms with Gasteiger partial charge in [-0.15, -0.1) is 0 Å². The van der Waals surface area contributed by atoms with E-state index in [4.69, 9.17) is 9.47 Å². The lowest BCUT2D eigenvalue weighted by molar-refractivity contribution is -0.0878. The summed E-state index contributed by atoms with van der Waals surface area (Å²) in [7, 11) is 0. The summed E-state index contributed by atoms with van der Waals surface area (Å²) in [5.41, 5.74) is 1.74. The van der Waals surface area contributed by atoms with Crippen LogP contribution in [0.4, 0.5) is 24.5 Å². The van der Waals surface area contributed by atoms with Crippen LogP contribution in [0.1, 0.15) is 47.8 Å². The fourth-order valence-electron chi connectivity index (χ4n) is 5.27. The van der Waals surface area contributed by atoms with E-state index in [0.717, 1.165) is 24.9 Å². The van der Waals surface area contributed by atoms with Crippen LogP contribution in [0.2, 0.25) is 0 Å². The van der Waals surface area contributed by atoms with Crippen LogP contribution in [-0.2, 0) is 10.3 Å². The molecular formula is C32H29F3N2O3. The Kier molecular flexibility index (Phi) is 6.96. The molecular weight excluding hydrogens is 517 g/mol. The van der Waals surface area contributed by atoms with Gasteiger partial charge in [0.25, 0.3) is 0 Å². The van der Waals surface area contributed by atoms with Crippen LogP contribution in [0.5, 0.6) is 11.5 Å². The maximum Gasteiger partial charge on any atom is 0.415 e. The number of ether oxygens (including phenoxy) is 2. The van der Waals surface area contributed by atoms with Crippen molar-refractivity contribution in [2.45, 2.75) is 32.5 Å². The highest BCUT2D eigenvalue weighted by molar-refractivity contribution is 5.97. The highest BCUT2D eigenvalue weighted by Gasteiger charge is 2.53. The van der Waals surface area contributed by atoms with Crippen molar-refractivity contribution in [2.75, 3.05) is 23.3 Å². The highest BCUT2D eigenvalue weighted by Crippen LogP contribution is 2.57. The topological polar surface area (TPSA) is 50.8 Å². The van der Waals surface area contributed by atoms with E-state index in [2.05, 4.69) is 30.6 Å². The Hall–Kier alpha value is -4.46. The molecule has 8 heteroatoms. The zero-order chi connectivity index (χ0) is 28.7. The third-order valence-electron chi connectivity index (χ3n) is 7.15. The molecule has 40 heavy (non-hydrogen) atoms. The molecule has 1 atom stereocenters. The number of nitrogens with one attached hydrogen (secondary N) is 1. The van der Waals surface area contributed by atoms with E-state index < -0.39 is 23.3 Å². The van der Waals surface area contributed by atoms with E-state index in [1.165, 1.54) is 6.08 Å². The summed E-state index contributed by atoms with van der Waals surface area (Å²) in [6.45, 7) is 10.6. The number of alkyl halides is 3. The number of rotatable bonds is 7. The number of hydrogen-bond donors (Lipinski definition) is 1. The normalized spacial score (nSPS) is 17.6. The third kappa shape index (κ3) is 4.53. The molecule has 1 N–H and O–H groups in total. The molecule has 0 radical (unpaired) electrons. The smallest absolute Gasteiger partial charge is 0.415 e. The molecule has 2 aliphatic rings. The summed E-state index contributed by atoms with van der Waals surface area (Å²) in [6.07, 6.45) is -0.458. The Morgan fingerprint density at radius 2 is 1.75 bits per heavy atom. The van der Waals surface area contributed by atoms with Gasteiger partial charge in [-0.3, -0.25) is 0 Å². The number of allylic oxidation sites excluding steroid dienone is 4. The molecule has 0 fully saturated rings. The van der Waals surface area contributed by atoms with Gasteiger partial charge in [0.1, 0.15) is 11.5 Å². The second kappa shape index (κ2) is 10.3. The molecule has 0 saturated carbocycles. The highest BCUT2D eigenvalue weighted by atomic mass is 19.4. The lowest BCUT2D eigenvalue weighted by Gasteiger charge is -2.37. The van der Waals surface area contributed by atoms with Crippen molar-refractivity contribution < 1.29 is 27.4 Å². The maximum atomic E-state index is 13.2. The quantitative estimate of drug-likeness (QED) is 0.240. The van der Waals surface area contributed by atoms with Gasteiger partial charge in [-0.05, 0) is 69.3 Å². The number of hydrogen-bond acceptors (Lipinski definition) is 5. The average molecular weight is 547 g/mol. The van der Waals surface area contributed by atoms with Gasteiger partial charge in [0.05, 0.1) is 11.1 Å². The van der Waals surface area contributed by atoms with Crippen LogP contribution in [0.15, 0.2) is 96.7 Å². The van der Waals surface area contributed by atoms with Gasteiger partial charge in [0.15, 0.2) is 5.60 Å². The predicted molar refractivity (Wildman–Crippen MR) is 150 cm³/mol. The van der Waals surface area contributed by atoms with E-state index in [1.807, 2.05) is 30.3 Å². The zero-order valence-corrected chi connectivity index (χ0v) is 22.4. The van der Waals surface area contributed by atoms with Gasteiger partial charge in [0, 0.05) is 52.9 Å². The summed E-state index contributed by atoms with van der Waals surface area (Å²) < 4.78 is 52.2. The number of halogens is 3. The van der Waals surface area contributed by atoms with Gasteiger partial charge in [0.2, 0.25) is 0 Å². The number of esters is 1. The van der Waals surface area contributed by atoms with E-state index in [9.17, 15) is 18.0 Å². The number of anilines is 2. The van der Waals surface area contributed by atoms with E-state index in [0.29, 0.717) is 39.4 Å². The molecule has 0 aromatic heterocycles. The van der Waals surface area contributed by atoms with Crippen molar-refractivity contribution >= 4 is 17.3 Å². The SMILES string of the molecule is C=C(/C=C(\C=C/C)Nc1ccc2c(c1)C1(OC(=O)c3ccccc31)c1ccc(N(CC)CC)cc1O2)C(F)(F)F. The zero-order valence-electron chi connectivity index (χ0n) is 22.4. The van der Waals surface area contributed by atoms with Crippen molar-refractivity contribution in [3.8, 4) is 11.5 Å². The first kappa shape index (κ1) is 27.1. The molecule has 0 saturated heterocycles. The summed E-state index contributed by atoms with van der Waals surface area (Å²) >= 11 is 0. The van der Waals surface area contributed by atoms with Crippen molar-refractivity contribution in [3.05, 3.63) is 119 Å². The maximum absolute atomic E-state index is 13.2. The second-order valence-corrected chi connectivity index (χ2v) is 9.53. The molecule has 0 aliphatic carbocycles. The summed E-state index contributed by atoms with van der Waals surface area (Å²) in [5, 5.41) is 3.05. The van der Waals surface area contributed by atoms with Gasteiger partial charge in [-0.1, -0.05) is 30.9 Å². The molecule has 3 aromatic rings. The third-order valence-corrected chi connectivity index (χ3v) is 7.15. The molecule has 2 heterocycles. The van der Waals surface area contributed by atoms with Crippen LogP contribution in [0.3, 0.4) is 0 Å². The van der Waals surface area contributed by atoms with Gasteiger partial charge >= 0.3 is 12.1 Å². The molecule has 2 aliphatic heterocycles.